The summed E-state index contributed by atoms with van der Waals surface area (Å²) in [6.07, 6.45) is -1.65. The van der Waals surface area contributed by atoms with Gasteiger partial charge in [-0.25, -0.2) is 0 Å². The molecule has 96 valence electrons. The maximum atomic E-state index is 10.1. The number of rotatable bonds is 3. The molecule has 0 aromatic carbocycles. The number of hydrogen-bond donors (Lipinski definition) is 3. The predicted molar refractivity (Wildman–Crippen MR) is 58.4 cm³/mol. The second-order valence-corrected chi connectivity index (χ2v) is 5.02. The maximum Gasteiger partial charge on any atom is 0.117 e. The molecule has 0 spiro atoms. The fourth-order valence-electron chi connectivity index (χ4n) is 2.93. The van der Waals surface area contributed by atoms with Gasteiger partial charge in [-0.15, -0.1) is 0 Å². The molecule has 3 aliphatic rings. The molecule has 5 heteroatoms. The van der Waals surface area contributed by atoms with Crippen LogP contribution in [0, 0.1) is 0 Å². The normalized spacial score (nSPS) is 45.5. The SMILES string of the molecule is CCC[C@@H](O)[C@@H]1OCC2=C1[C@@H](O)[C@H]1O[C@@H]1[C@H]2O. The Kier molecular flexibility index (Phi) is 2.76. The molecule has 3 N–H and O–H groups in total. The fourth-order valence-corrected chi connectivity index (χ4v) is 2.93. The van der Waals surface area contributed by atoms with Crippen LogP contribution in [0.3, 0.4) is 0 Å². The van der Waals surface area contributed by atoms with Gasteiger partial charge in [0.2, 0.25) is 0 Å². The van der Waals surface area contributed by atoms with Crippen LogP contribution in [0.15, 0.2) is 11.1 Å². The Hall–Kier alpha value is -0.460. The highest BCUT2D eigenvalue weighted by Gasteiger charge is 2.58. The molecule has 2 aliphatic heterocycles. The average molecular weight is 242 g/mol. The average Bonchev–Trinajstić information content (AvgIpc) is 2.98. The van der Waals surface area contributed by atoms with Crippen LogP contribution >= 0.6 is 0 Å². The van der Waals surface area contributed by atoms with Gasteiger partial charge in [0.15, 0.2) is 0 Å². The van der Waals surface area contributed by atoms with E-state index in [9.17, 15) is 15.3 Å². The maximum absolute atomic E-state index is 10.1. The van der Waals surface area contributed by atoms with Gasteiger partial charge >= 0.3 is 0 Å². The summed E-state index contributed by atoms with van der Waals surface area (Å²) in [4.78, 5) is 0. The van der Waals surface area contributed by atoms with Crippen molar-refractivity contribution in [2.24, 2.45) is 0 Å². The van der Waals surface area contributed by atoms with Crippen LogP contribution in [0.2, 0.25) is 0 Å². The molecule has 6 atom stereocenters. The third-order valence-corrected chi connectivity index (χ3v) is 3.89. The molecule has 0 radical (unpaired) electrons. The molecule has 0 bridgehead atoms. The first-order chi connectivity index (χ1) is 8.15. The van der Waals surface area contributed by atoms with E-state index < -0.39 is 24.4 Å². The Morgan fingerprint density at radius 3 is 2.71 bits per heavy atom. The lowest BCUT2D eigenvalue weighted by molar-refractivity contribution is -0.00843. The minimum atomic E-state index is -0.739. The van der Waals surface area contributed by atoms with E-state index in [1.807, 2.05) is 6.92 Å². The van der Waals surface area contributed by atoms with Crippen molar-refractivity contribution >= 4 is 0 Å². The summed E-state index contributed by atoms with van der Waals surface area (Å²) in [5, 5.41) is 30.1. The summed E-state index contributed by atoms with van der Waals surface area (Å²) in [5.74, 6) is 0. The summed E-state index contributed by atoms with van der Waals surface area (Å²) in [6.45, 7) is 2.27. The molecule has 0 saturated carbocycles. The first-order valence-electron chi connectivity index (χ1n) is 6.19. The Balaban J connectivity index is 1.85. The van der Waals surface area contributed by atoms with E-state index in [-0.39, 0.29) is 18.8 Å². The van der Waals surface area contributed by atoms with Gasteiger partial charge in [0, 0.05) is 0 Å². The highest BCUT2D eigenvalue weighted by molar-refractivity contribution is 5.39. The fraction of sp³-hybridized carbons (Fsp3) is 0.833. The molecule has 0 aromatic rings. The van der Waals surface area contributed by atoms with Crippen molar-refractivity contribution < 1.29 is 24.8 Å². The van der Waals surface area contributed by atoms with Gasteiger partial charge in [-0.05, 0) is 17.6 Å². The van der Waals surface area contributed by atoms with E-state index in [4.69, 9.17) is 9.47 Å². The lowest BCUT2D eigenvalue weighted by Gasteiger charge is -2.26. The summed E-state index contributed by atoms with van der Waals surface area (Å²) >= 11 is 0. The van der Waals surface area contributed by atoms with Crippen LogP contribution in [0.5, 0.6) is 0 Å². The number of aliphatic hydroxyl groups excluding tert-OH is 3. The van der Waals surface area contributed by atoms with Crippen LogP contribution in [-0.2, 0) is 9.47 Å². The van der Waals surface area contributed by atoms with E-state index in [2.05, 4.69) is 0 Å². The minimum absolute atomic E-state index is 0.283. The third-order valence-electron chi connectivity index (χ3n) is 3.89. The summed E-state index contributed by atoms with van der Waals surface area (Å²) in [7, 11) is 0. The van der Waals surface area contributed by atoms with Gasteiger partial charge in [0.25, 0.3) is 0 Å². The van der Waals surface area contributed by atoms with Crippen molar-refractivity contribution in [1.82, 2.24) is 0 Å². The van der Waals surface area contributed by atoms with Crippen LogP contribution in [0.1, 0.15) is 19.8 Å². The van der Waals surface area contributed by atoms with Crippen LogP contribution in [-0.4, -0.2) is 58.6 Å². The molecular weight excluding hydrogens is 224 g/mol. The first-order valence-corrected chi connectivity index (χ1v) is 6.19. The van der Waals surface area contributed by atoms with Crippen molar-refractivity contribution in [3.8, 4) is 0 Å². The third kappa shape index (κ3) is 1.65. The van der Waals surface area contributed by atoms with Gasteiger partial charge in [-0.2, -0.15) is 0 Å². The number of hydrogen-bond acceptors (Lipinski definition) is 5. The molecule has 5 nitrogen and oxygen atoms in total. The second kappa shape index (κ2) is 4.03. The molecule has 1 aliphatic carbocycles. The lowest BCUT2D eigenvalue weighted by Crippen LogP contribution is -2.39. The highest BCUT2D eigenvalue weighted by Crippen LogP contribution is 2.45. The number of fused-ring (bicyclic) bond motifs is 1. The number of aliphatic hydroxyl groups is 3. The Bertz CT molecular complexity index is 353. The molecule has 0 amide bonds. The van der Waals surface area contributed by atoms with Gasteiger partial charge in [0.05, 0.1) is 12.7 Å². The minimum Gasteiger partial charge on any atom is -0.390 e. The molecule has 3 rings (SSSR count). The van der Waals surface area contributed by atoms with Crippen molar-refractivity contribution in [3.05, 3.63) is 11.1 Å². The van der Waals surface area contributed by atoms with Gasteiger partial charge in [-0.1, -0.05) is 13.3 Å². The van der Waals surface area contributed by atoms with Crippen molar-refractivity contribution in [3.63, 3.8) is 0 Å². The predicted octanol–water partition coefficient (Wildman–Crippen LogP) is -0.654. The molecule has 1 saturated heterocycles. The zero-order valence-electron chi connectivity index (χ0n) is 9.74. The molecule has 17 heavy (non-hydrogen) atoms. The largest absolute Gasteiger partial charge is 0.390 e. The van der Waals surface area contributed by atoms with Crippen molar-refractivity contribution in [1.29, 1.82) is 0 Å². The van der Waals surface area contributed by atoms with Gasteiger partial charge < -0.3 is 24.8 Å². The van der Waals surface area contributed by atoms with Crippen LogP contribution < -0.4 is 0 Å². The van der Waals surface area contributed by atoms with Crippen molar-refractivity contribution in [2.45, 2.75) is 56.4 Å². The van der Waals surface area contributed by atoms with Crippen LogP contribution in [0.25, 0.3) is 0 Å². The van der Waals surface area contributed by atoms with E-state index in [0.717, 1.165) is 6.42 Å². The zero-order chi connectivity index (χ0) is 12.2. The Labute approximate surface area is 99.7 Å². The summed E-state index contributed by atoms with van der Waals surface area (Å²) in [5.41, 5.74) is 1.36. The Morgan fingerprint density at radius 2 is 2.00 bits per heavy atom. The summed E-state index contributed by atoms with van der Waals surface area (Å²) in [6, 6.07) is 0. The number of epoxide rings is 1. The first kappa shape index (κ1) is 11.6. The quantitative estimate of drug-likeness (QED) is 0.452. The van der Waals surface area contributed by atoms with E-state index in [1.165, 1.54) is 0 Å². The molecule has 0 aromatic heterocycles. The zero-order valence-corrected chi connectivity index (χ0v) is 9.74. The van der Waals surface area contributed by atoms with Gasteiger partial charge in [0.1, 0.15) is 30.5 Å². The van der Waals surface area contributed by atoms with Crippen molar-refractivity contribution in [2.75, 3.05) is 6.61 Å². The molecule has 2 heterocycles. The summed E-state index contributed by atoms with van der Waals surface area (Å²) < 4.78 is 10.8. The molecule has 0 unspecified atom stereocenters. The lowest BCUT2D eigenvalue weighted by atomic mass is 9.84. The van der Waals surface area contributed by atoms with E-state index >= 15 is 0 Å². The molecular formula is C12H18O5. The smallest absolute Gasteiger partial charge is 0.117 e. The van der Waals surface area contributed by atoms with E-state index in [1.54, 1.807) is 0 Å². The number of ether oxygens (including phenoxy) is 2. The van der Waals surface area contributed by atoms with Gasteiger partial charge in [-0.3, -0.25) is 0 Å². The molecule has 1 fully saturated rings. The Morgan fingerprint density at radius 1 is 1.29 bits per heavy atom. The second-order valence-electron chi connectivity index (χ2n) is 5.02. The highest BCUT2D eigenvalue weighted by atomic mass is 16.6. The van der Waals surface area contributed by atoms with Crippen LogP contribution in [0.4, 0.5) is 0 Å². The monoisotopic (exact) mass is 242 g/mol. The topological polar surface area (TPSA) is 82.5 Å². The van der Waals surface area contributed by atoms with E-state index in [0.29, 0.717) is 17.6 Å². The standard InChI is InChI=1S/C12H18O5/c1-2-3-6(13)10-7-5(4-16-10)8(14)11-12(17-11)9(7)15/h6,8-15H,2-4H2,1H3/t6-,8+,9-,10+,11-,12-/m1/s1.